The van der Waals surface area contributed by atoms with Crippen molar-refractivity contribution in [1.82, 2.24) is 50.2 Å². The van der Waals surface area contributed by atoms with Crippen molar-refractivity contribution < 1.29 is 42.5 Å². The molecule has 0 radical (unpaired) electrons. The number of fused-ring (bicyclic) bond motifs is 4. The van der Waals surface area contributed by atoms with Gasteiger partial charge >= 0.3 is 0 Å². The third-order valence-corrected chi connectivity index (χ3v) is 25.2. The summed E-state index contributed by atoms with van der Waals surface area (Å²) in [5, 5.41) is 8.96. The lowest BCUT2D eigenvalue weighted by molar-refractivity contribution is -0.134. The van der Waals surface area contributed by atoms with Gasteiger partial charge in [-0.2, -0.15) is 0 Å². The number of benzene rings is 4. The minimum atomic E-state index is -0.577. The third kappa shape index (κ3) is 22.5. The summed E-state index contributed by atoms with van der Waals surface area (Å²) in [5.41, 5.74) is 29.0. The fourth-order valence-electron chi connectivity index (χ4n) is 17.4. The first-order chi connectivity index (χ1) is 58.5. The van der Waals surface area contributed by atoms with Gasteiger partial charge in [-0.25, -0.2) is 4.39 Å². The number of halogens is 5. The number of rotatable bonds is 21. The molecule has 6 N–H and O–H groups in total. The molecule has 652 valence electrons. The first kappa shape index (κ1) is 91.0. The van der Waals surface area contributed by atoms with Crippen molar-refractivity contribution in [3.05, 3.63) is 233 Å². The van der Waals surface area contributed by atoms with E-state index in [4.69, 9.17) is 76.8 Å². The van der Waals surface area contributed by atoms with Crippen molar-refractivity contribution in [3.63, 3.8) is 0 Å². The monoisotopic (exact) mass is 1740 g/mol. The molecule has 122 heavy (non-hydrogen) atoms. The zero-order chi connectivity index (χ0) is 86.6. The molecule has 4 amide bonds. The van der Waals surface area contributed by atoms with Crippen molar-refractivity contribution in [2.75, 3.05) is 137 Å². The fraction of sp³-hybridized carbons (Fsp3) is 0.484. The van der Waals surface area contributed by atoms with Gasteiger partial charge < -0.3 is 80.2 Å². The first-order valence-corrected chi connectivity index (χ1v) is 44.3. The first-order valence-electron chi connectivity index (χ1n) is 42.8. The molecule has 24 nitrogen and oxygen atoms in total. The molecule has 12 heterocycles. The van der Waals surface area contributed by atoms with Gasteiger partial charge in [0, 0.05) is 220 Å². The molecule has 4 saturated heterocycles. The number of amides is 4. The van der Waals surface area contributed by atoms with Gasteiger partial charge in [-0.15, -0.1) is 0 Å². The predicted octanol–water partition coefficient (Wildman–Crippen LogP) is 14.1. The van der Waals surface area contributed by atoms with E-state index in [0.29, 0.717) is 151 Å². The van der Waals surface area contributed by atoms with Crippen LogP contribution in [0.15, 0.2) is 140 Å². The summed E-state index contributed by atoms with van der Waals surface area (Å²) < 4.78 is 37.2. The maximum absolute atomic E-state index is 14.1. The number of ether oxygens (including phenoxy) is 4. The minimum Gasteiger partial charge on any atom is -0.368 e. The Morgan fingerprint density at radius 3 is 1.01 bits per heavy atom. The topological polar surface area (TPSA) is 259 Å². The Hall–Kier alpha value is -8.67. The van der Waals surface area contributed by atoms with Gasteiger partial charge in [-0.05, 0) is 149 Å². The van der Waals surface area contributed by atoms with Crippen LogP contribution in [0.4, 0.5) is 27.1 Å². The molecule has 4 fully saturated rings. The maximum atomic E-state index is 14.1. The molecule has 8 aromatic rings. The van der Waals surface area contributed by atoms with Gasteiger partial charge in [0.05, 0.1) is 102 Å². The van der Waals surface area contributed by atoms with E-state index < -0.39 is 23.3 Å². The smallest absolute Gasteiger partial charge is 0.239 e. The third-order valence-electron chi connectivity index (χ3n) is 24.1. The number of carbonyl (C=O) groups is 4. The van der Waals surface area contributed by atoms with Gasteiger partial charge in [0.15, 0.2) is 0 Å². The summed E-state index contributed by atoms with van der Waals surface area (Å²) in [7, 11) is 0. The van der Waals surface area contributed by atoms with Crippen molar-refractivity contribution >= 4 is 92.8 Å². The Morgan fingerprint density at radius 1 is 0.426 bits per heavy atom. The number of aromatic nitrogens is 4. The fourth-order valence-corrected chi connectivity index (χ4v) is 17.9. The Kier molecular flexibility index (Phi) is 30.9. The lowest BCUT2D eigenvalue weighted by Gasteiger charge is -2.39. The van der Waals surface area contributed by atoms with Gasteiger partial charge in [-0.1, -0.05) is 117 Å². The molecule has 8 aliphatic heterocycles. The molecule has 4 aromatic heterocycles. The molecule has 0 bridgehead atoms. The van der Waals surface area contributed by atoms with Crippen molar-refractivity contribution in [2.45, 2.75) is 174 Å². The van der Waals surface area contributed by atoms with Crippen LogP contribution in [0.3, 0.4) is 0 Å². The van der Waals surface area contributed by atoms with Gasteiger partial charge in [-0.3, -0.25) is 39.1 Å². The minimum absolute atomic E-state index is 0.00580. The number of anilines is 4. The van der Waals surface area contributed by atoms with Crippen LogP contribution < -0.4 is 41.7 Å². The average Bonchev–Trinajstić information content (AvgIpc) is 1.72. The Bertz CT molecular complexity index is 4730. The number of pyridine rings is 4. The lowest BCUT2D eigenvalue weighted by atomic mass is 9.85. The molecule has 0 aliphatic carbocycles. The molecule has 16 rings (SSSR count). The maximum Gasteiger partial charge on any atom is 0.239 e. The summed E-state index contributed by atoms with van der Waals surface area (Å²) in [6, 6.07) is 35.7. The highest BCUT2D eigenvalue weighted by Gasteiger charge is 2.39. The zero-order valence-electron chi connectivity index (χ0n) is 71.7. The number of nitrogens with one attached hydrogen (secondary N) is 2. The van der Waals surface area contributed by atoms with E-state index in [1.165, 1.54) is 45.9 Å². The highest BCUT2D eigenvalue weighted by atomic mass is 35.5. The largest absolute Gasteiger partial charge is 0.368 e. The Labute approximate surface area is 737 Å². The molecule has 0 saturated carbocycles. The number of piperazine rings is 4. The molecular weight excluding hydrogens is 1630 g/mol. The van der Waals surface area contributed by atoms with Crippen LogP contribution in [0.1, 0.15) is 185 Å². The van der Waals surface area contributed by atoms with Crippen LogP contribution >= 0.6 is 46.4 Å². The number of nitrogens with zero attached hydrogens (tertiary/aromatic N) is 12. The van der Waals surface area contributed by atoms with E-state index in [-0.39, 0.29) is 64.9 Å². The van der Waals surface area contributed by atoms with Crippen LogP contribution in [0.5, 0.6) is 0 Å². The van der Waals surface area contributed by atoms with Crippen LogP contribution in [-0.2, 0) is 71.0 Å². The number of hydrogen-bond acceptors (Lipinski definition) is 20. The quantitative estimate of drug-likeness (QED) is 0.0521. The van der Waals surface area contributed by atoms with Crippen LogP contribution in [0.25, 0.3) is 0 Å². The normalized spacial score (nSPS) is 19.8. The van der Waals surface area contributed by atoms with E-state index in [2.05, 4.69) is 111 Å². The standard InChI is InChI=1S/C24H30ClFN4O2.2C24H31ClN4O2.C21H25ClN4O2/c1-15-22-20(14-32-15)28-7-6-21(22)29-8-10-30(11-9-29)23(31)17(13-24(2,3)27)16-4-5-18(25)19(26)12-16;2*1-16(2)27-14-20(18-4-6-19(25)7-5-18)24(30)29-12-10-28(11-13-29)22-8-9-26-21-15-31-17(3)23(21)22;1-14-20-18(13-28-14)24-7-6-19(20)25-8-10-26(11-9-25)21(27)17(23)12-15-2-4-16(22)5-3-15/h4-7,12,15,17H,8-11,13-14,27H2,1-3H3;2*4-9,16-17,20,27H,10-15H2,1-3H3;2-7,14,17H,8-13,23H2,1H3/t15-,17-;17-,20?;17-,20-;14-,17+/m1000/s1. The predicted molar refractivity (Wildman–Crippen MR) is 480 cm³/mol. The highest BCUT2D eigenvalue weighted by molar-refractivity contribution is 6.31. The molecular formula is C93H117Cl4FN16O8. The summed E-state index contributed by atoms with van der Waals surface area (Å²) in [5.74, 6) is -1.16. The SMILES string of the molecule is CC(C)NCC(C(=O)N1CCN(c2ccnc3c2[C@H](C)OC3)CC1)c1ccc(Cl)cc1.CC(C)NC[C@H](C(=O)N1CCN(c2ccnc3c2[C@H](C)OC3)CC1)c1ccc(Cl)cc1.C[C@@H]1OCc2nccc(N3CCN(C(=O)[C@H](N)Cc4ccc(Cl)cc4)CC3)c21.C[C@H]1OCc2nccc(N3CCN(C(=O)[C@H](CC(C)(C)N)c4ccc(Cl)c(F)c4)CC3)c21. The van der Waals surface area contributed by atoms with Gasteiger partial charge in [0.25, 0.3) is 0 Å². The second-order valence-electron chi connectivity index (χ2n) is 34.0. The summed E-state index contributed by atoms with van der Waals surface area (Å²) >= 11 is 23.9. The second kappa shape index (κ2) is 41.4. The van der Waals surface area contributed by atoms with Gasteiger partial charge in [0.2, 0.25) is 23.6 Å². The number of carbonyl (C=O) groups excluding carboxylic acids is 4. The summed E-state index contributed by atoms with van der Waals surface area (Å²) in [6.07, 6.45) is 8.53. The van der Waals surface area contributed by atoms with Crippen molar-refractivity contribution in [1.29, 1.82) is 0 Å². The number of hydrogen-bond donors (Lipinski definition) is 4. The van der Waals surface area contributed by atoms with Crippen molar-refractivity contribution in [2.24, 2.45) is 11.5 Å². The van der Waals surface area contributed by atoms with Gasteiger partial charge in [0.1, 0.15) is 5.82 Å². The van der Waals surface area contributed by atoms with Crippen LogP contribution in [0.2, 0.25) is 20.1 Å². The van der Waals surface area contributed by atoms with E-state index in [0.717, 1.165) is 90.0 Å². The lowest BCUT2D eigenvalue weighted by Crippen LogP contribution is -2.53. The van der Waals surface area contributed by atoms with E-state index >= 15 is 0 Å². The Morgan fingerprint density at radius 2 is 0.713 bits per heavy atom. The molecule has 8 atom stereocenters. The molecule has 4 aromatic carbocycles. The summed E-state index contributed by atoms with van der Waals surface area (Å²) in [6.45, 7) is 35.4. The van der Waals surface area contributed by atoms with E-state index in [9.17, 15) is 23.6 Å². The zero-order valence-corrected chi connectivity index (χ0v) is 74.7. The van der Waals surface area contributed by atoms with E-state index in [1.807, 2.05) is 150 Å². The van der Waals surface area contributed by atoms with Crippen LogP contribution in [0, 0.1) is 5.82 Å². The molecule has 0 spiro atoms. The van der Waals surface area contributed by atoms with Crippen LogP contribution in [-0.4, -0.2) is 205 Å². The second-order valence-corrected chi connectivity index (χ2v) is 35.7. The Balaban J connectivity index is 0.000000140. The molecule has 29 heteroatoms. The number of nitrogens with two attached hydrogens (primary N) is 2. The molecule has 1 unspecified atom stereocenters. The van der Waals surface area contributed by atoms with E-state index in [1.54, 1.807) is 6.07 Å². The van der Waals surface area contributed by atoms with Crippen molar-refractivity contribution in [3.8, 4) is 0 Å². The molecule has 8 aliphatic rings. The highest BCUT2D eigenvalue weighted by Crippen LogP contribution is 2.42. The summed E-state index contributed by atoms with van der Waals surface area (Å²) in [4.78, 5) is 88.2. The average molecular weight is 1750 g/mol.